The molecule has 0 heterocycles. The minimum absolute atomic E-state index is 0.234. The topological polar surface area (TPSA) is 87.7 Å². The summed E-state index contributed by atoms with van der Waals surface area (Å²) >= 11 is 0. The van der Waals surface area contributed by atoms with Crippen molar-refractivity contribution in [1.29, 1.82) is 0 Å². The van der Waals surface area contributed by atoms with Gasteiger partial charge in [-0.2, -0.15) is 0 Å². The van der Waals surface area contributed by atoms with Gasteiger partial charge in [0.05, 0.1) is 0 Å². The summed E-state index contributed by atoms with van der Waals surface area (Å²) in [6, 6.07) is 6.34. The number of hydrogen-bond donors (Lipinski definition) is 3. The van der Waals surface area contributed by atoms with E-state index in [0.717, 1.165) is 12.8 Å². The van der Waals surface area contributed by atoms with Crippen molar-refractivity contribution in [2.75, 3.05) is 18.5 Å². The molecule has 1 aromatic rings. The maximum atomic E-state index is 11.8. The van der Waals surface area contributed by atoms with Crippen LogP contribution in [0.4, 0.5) is 10.5 Å². The van der Waals surface area contributed by atoms with Crippen LogP contribution in [0.15, 0.2) is 24.3 Å². The number of carbonyl (C=O) groups is 2. The molecule has 1 aromatic carbocycles. The van der Waals surface area contributed by atoms with E-state index in [1.54, 1.807) is 24.3 Å². The van der Waals surface area contributed by atoms with E-state index in [-0.39, 0.29) is 18.1 Å². The van der Waals surface area contributed by atoms with Gasteiger partial charge < -0.3 is 20.5 Å². The molecule has 114 valence electrons. The van der Waals surface area contributed by atoms with Gasteiger partial charge in [0.25, 0.3) is 0 Å². The number of nitrogens with one attached hydrogen (secondary N) is 2. The van der Waals surface area contributed by atoms with Crippen molar-refractivity contribution in [3.63, 3.8) is 0 Å². The third-order valence-corrected chi connectivity index (χ3v) is 3.71. The van der Waals surface area contributed by atoms with Crippen LogP contribution in [0, 0.1) is 5.41 Å². The molecule has 0 spiro atoms. The van der Waals surface area contributed by atoms with Crippen molar-refractivity contribution in [2.45, 2.75) is 26.2 Å². The number of urea groups is 1. The minimum atomic E-state index is -1.03. The summed E-state index contributed by atoms with van der Waals surface area (Å²) < 4.78 is 5.01. The van der Waals surface area contributed by atoms with E-state index in [1.165, 1.54) is 6.42 Å². The van der Waals surface area contributed by atoms with Gasteiger partial charge in [0.1, 0.15) is 5.75 Å². The lowest BCUT2D eigenvalue weighted by atomic mass is 9.70. The highest BCUT2D eigenvalue weighted by atomic mass is 16.5. The first kappa shape index (κ1) is 15.2. The Balaban J connectivity index is 1.76. The van der Waals surface area contributed by atoms with Crippen LogP contribution < -0.4 is 15.4 Å². The van der Waals surface area contributed by atoms with E-state index in [9.17, 15) is 9.59 Å². The predicted octanol–water partition coefficient (Wildman–Crippen LogP) is 2.46. The van der Waals surface area contributed by atoms with Gasteiger partial charge in [-0.25, -0.2) is 9.59 Å². The van der Waals surface area contributed by atoms with Crippen molar-refractivity contribution in [2.24, 2.45) is 5.41 Å². The Bertz CT molecular complexity index is 509. The molecule has 0 saturated heterocycles. The molecule has 2 amide bonds. The van der Waals surface area contributed by atoms with Gasteiger partial charge in [0.15, 0.2) is 6.61 Å². The summed E-state index contributed by atoms with van der Waals surface area (Å²) in [4.78, 5) is 22.1. The molecule has 21 heavy (non-hydrogen) atoms. The van der Waals surface area contributed by atoms with Crippen molar-refractivity contribution < 1.29 is 19.4 Å². The van der Waals surface area contributed by atoms with E-state index in [1.807, 2.05) is 0 Å². The zero-order chi connectivity index (χ0) is 15.3. The van der Waals surface area contributed by atoms with Gasteiger partial charge in [-0.1, -0.05) is 13.3 Å². The summed E-state index contributed by atoms with van der Waals surface area (Å²) in [5.74, 6) is -0.577. The van der Waals surface area contributed by atoms with Crippen LogP contribution in [0.2, 0.25) is 0 Å². The Morgan fingerprint density at radius 2 is 1.95 bits per heavy atom. The Kier molecular flexibility index (Phi) is 4.67. The fraction of sp³-hybridized carbons (Fsp3) is 0.467. The fourth-order valence-corrected chi connectivity index (χ4v) is 2.21. The molecule has 3 N–H and O–H groups in total. The number of hydrogen-bond acceptors (Lipinski definition) is 3. The Hall–Kier alpha value is -2.24. The van der Waals surface area contributed by atoms with Crippen LogP contribution in [-0.4, -0.2) is 30.3 Å². The summed E-state index contributed by atoms with van der Waals surface area (Å²) in [6.07, 6.45) is 3.55. The molecule has 6 heteroatoms. The van der Waals surface area contributed by atoms with Crippen LogP contribution >= 0.6 is 0 Å². The van der Waals surface area contributed by atoms with E-state index >= 15 is 0 Å². The van der Waals surface area contributed by atoms with Crippen molar-refractivity contribution in [3.8, 4) is 5.75 Å². The molecule has 1 aliphatic rings. The Labute approximate surface area is 123 Å². The average molecular weight is 292 g/mol. The van der Waals surface area contributed by atoms with E-state index in [0.29, 0.717) is 18.0 Å². The molecule has 2 rings (SSSR count). The lowest BCUT2D eigenvalue weighted by molar-refractivity contribution is -0.139. The van der Waals surface area contributed by atoms with Gasteiger partial charge >= 0.3 is 12.0 Å². The first-order valence-corrected chi connectivity index (χ1v) is 6.96. The zero-order valence-electron chi connectivity index (χ0n) is 12.0. The lowest BCUT2D eigenvalue weighted by Crippen LogP contribution is -2.41. The maximum absolute atomic E-state index is 11.8. The highest BCUT2D eigenvalue weighted by molar-refractivity contribution is 5.89. The van der Waals surface area contributed by atoms with Crippen LogP contribution in [0.1, 0.15) is 26.2 Å². The summed E-state index contributed by atoms with van der Waals surface area (Å²) in [5.41, 5.74) is 0.875. The van der Waals surface area contributed by atoms with Crippen LogP contribution in [-0.2, 0) is 4.79 Å². The van der Waals surface area contributed by atoms with Crippen molar-refractivity contribution in [3.05, 3.63) is 24.3 Å². The third-order valence-electron chi connectivity index (χ3n) is 3.71. The molecule has 1 fully saturated rings. The number of anilines is 1. The second kappa shape index (κ2) is 6.47. The van der Waals surface area contributed by atoms with Crippen LogP contribution in [0.25, 0.3) is 0 Å². The Morgan fingerprint density at radius 1 is 1.29 bits per heavy atom. The molecule has 0 bridgehead atoms. The third kappa shape index (κ3) is 4.66. The van der Waals surface area contributed by atoms with E-state index < -0.39 is 5.97 Å². The first-order valence-electron chi connectivity index (χ1n) is 6.96. The lowest BCUT2D eigenvalue weighted by Gasteiger charge is -2.38. The largest absolute Gasteiger partial charge is 0.482 e. The number of carboxylic acids is 1. The monoisotopic (exact) mass is 292 g/mol. The molecular formula is C15H20N2O4. The summed E-state index contributed by atoms with van der Waals surface area (Å²) in [6.45, 7) is 2.47. The molecular weight excluding hydrogens is 272 g/mol. The van der Waals surface area contributed by atoms with Gasteiger partial charge in [-0.3, -0.25) is 0 Å². The average Bonchev–Trinajstić information content (AvgIpc) is 2.42. The molecule has 0 aliphatic heterocycles. The van der Waals surface area contributed by atoms with Crippen molar-refractivity contribution >= 4 is 17.7 Å². The highest BCUT2D eigenvalue weighted by Crippen LogP contribution is 2.39. The highest BCUT2D eigenvalue weighted by Gasteiger charge is 2.31. The molecule has 0 unspecified atom stereocenters. The van der Waals surface area contributed by atoms with Crippen molar-refractivity contribution in [1.82, 2.24) is 5.32 Å². The number of benzene rings is 1. The number of amides is 2. The number of ether oxygens (including phenoxy) is 1. The molecule has 0 radical (unpaired) electrons. The quantitative estimate of drug-likeness (QED) is 0.751. The summed E-state index contributed by atoms with van der Waals surface area (Å²) in [7, 11) is 0. The smallest absolute Gasteiger partial charge is 0.341 e. The second-order valence-corrected chi connectivity index (χ2v) is 5.68. The number of aliphatic carboxylic acids is 1. The fourth-order valence-electron chi connectivity index (χ4n) is 2.21. The number of rotatable bonds is 6. The summed E-state index contributed by atoms with van der Waals surface area (Å²) in [5, 5.41) is 14.1. The zero-order valence-corrected chi connectivity index (χ0v) is 12.0. The molecule has 1 saturated carbocycles. The van der Waals surface area contributed by atoms with Gasteiger partial charge in [0, 0.05) is 12.2 Å². The van der Waals surface area contributed by atoms with Gasteiger partial charge in [-0.15, -0.1) is 0 Å². The van der Waals surface area contributed by atoms with Crippen LogP contribution in [0.5, 0.6) is 5.75 Å². The standard InChI is InChI=1S/C15H20N2O4/c1-15(7-2-8-15)10-16-14(20)17-11-3-5-12(6-4-11)21-9-13(18)19/h3-6H,2,7-10H2,1H3,(H,18,19)(H2,16,17,20). The number of carboxylic acid groups (broad SMARTS) is 1. The molecule has 0 aromatic heterocycles. The molecule has 0 atom stereocenters. The van der Waals surface area contributed by atoms with Gasteiger partial charge in [-0.05, 0) is 42.5 Å². The van der Waals surface area contributed by atoms with Crippen LogP contribution in [0.3, 0.4) is 0 Å². The van der Waals surface area contributed by atoms with E-state index in [4.69, 9.17) is 9.84 Å². The van der Waals surface area contributed by atoms with E-state index in [2.05, 4.69) is 17.6 Å². The predicted molar refractivity (Wildman–Crippen MR) is 78.6 cm³/mol. The normalized spacial score (nSPS) is 15.7. The molecule has 6 nitrogen and oxygen atoms in total. The SMILES string of the molecule is CC1(CNC(=O)Nc2ccc(OCC(=O)O)cc2)CCC1. The van der Waals surface area contributed by atoms with Gasteiger partial charge in [0.2, 0.25) is 0 Å². The Morgan fingerprint density at radius 3 is 2.48 bits per heavy atom. The maximum Gasteiger partial charge on any atom is 0.341 e. The first-order chi connectivity index (χ1) is 9.97. The second-order valence-electron chi connectivity index (χ2n) is 5.68. The number of carbonyl (C=O) groups excluding carboxylic acids is 1. The minimum Gasteiger partial charge on any atom is -0.482 e. The molecule has 1 aliphatic carbocycles.